The molecule has 0 fully saturated rings. The number of hydrogen-bond acceptors (Lipinski definition) is 6. The first kappa shape index (κ1) is 16.6. The molecule has 0 aliphatic carbocycles. The lowest BCUT2D eigenvalue weighted by molar-refractivity contribution is -0.384. The normalized spacial score (nSPS) is 13.8. The molecule has 23 heavy (non-hydrogen) atoms. The third-order valence-corrected chi connectivity index (χ3v) is 3.34. The number of nitro benzene ring substituents is 1. The molecule has 0 spiro atoms. The molecule has 2 aromatic carbocycles. The highest BCUT2D eigenvalue weighted by atomic mass is 16.6. The van der Waals surface area contributed by atoms with Crippen LogP contribution in [-0.2, 0) is 0 Å². The van der Waals surface area contributed by atoms with Crippen molar-refractivity contribution in [3.63, 3.8) is 0 Å². The van der Waals surface area contributed by atoms with Crippen molar-refractivity contribution in [1.82, 2.24) is 0 Å². The van der Waals surface area contributed by atoms with Crippen LogP contribution in [0, 0.1) is 10.1 Å². The summed E-state index contributed by atoms with van der Waals surface area (Å²) in [5.41, 5.74) is 0.783. The summed E-state index contributed by atoms with van der Waals surface area (Å²) in [7, 11) is 0. The molecule has 0 heterocycles. The molecule has 0 aromatic heterocycles. The molecule has 0 unspecified atom stereocenters. The third-order valence-electron chi connectivity index (χ3n) is 3.34. The van der Waals surface area contributed by atoms with Crippen LogP contribution in [0.1, 0.15) is 17.2 Å². The van der Waals surface area contributed by atoms with Gasteiger partial charge in [-0.1, -0.05) is 12.1 Å². The minimum absolute atomic E-state index is 0.0396. The SMILES string of the molecule is O=[N+]([O-])c1ccc([C@H](O)[C@@H](CO)N=Cc2ccccc2O)cc1. The van der Waals surface area contributed by atoms with Gasteiger partial charge < -0.3 is 15.3 Å². The number of benzene rings is 2. The Morgan fingerprint density at radius 3 is 2.39 bits per heavy atom. The fourth-order valence-corrected chi connectivity index (χ4v) is 2.02. The molecule has 0 saturated heterocycles. The van der Waals surface area contributed by atoms with E-state index >= 15 is 0 Å². The summed E-state index contributed by atoms with van der Waals surface area (Å²) in [6.45, 7) is -0.414. The number of phenols is 1. The van der Waals surface area contributed by atoms with Crippen LogP contribution in [0.25, 0.3) is 0 Å². The van der Waals surface area contributed by atoms with Gasteiger partial charge in [0, 0.05) is 23.9 Å². The number of nitro groups is 1. The van der Waals surface area contributed by atoms with E-state index in [2.05, 4.69) is 4.99 Å². The zero-order valence-corrected chi connectivity index (χ0v) is 12.1. The lowest BCUT2D eigenvalue weighted by Gasteiger charge is -2.17. The van der Waals surface area contributed by atoms with Gasteiger partial charge >= 0.3 is 0 Å². The smallest absolute Gasteiger partial charge is 0.269 e. The van der Waals surface area contributed by atoms with Gasteiger partial charge in [-0.2, -0.15) is 0 Å². The maximum absolute atomic E-state index is 10.6. The number of non-ortho nitro benzene ring substituents is 1. The van der Waals surface area contributed by atoms with Crippen LogP contribution in [0.3, 0.4) is 0 Å². The highest BCUT2D eigenvalue weighted by Crippen LogP contribution is 2.22. The van der Waals surface area contributed by atoms with E-state index in [-0.39, 0.29) is 11.4 Å². The van der Waals surface area contributed by atoms with Gasteiger partial charge in [0.05, 0.1) is 11.5 Å². The van der Waals surface area contributed by atoms with E-state index in [1.165, 1.54) is 36.5 Å². The Morgan fingerprint density at radius 2 is 1.83 bits per heavy atom. The number of aliphatic hydroxyl groups is 2. The van der Waals surface area contributed by atoms with E-state index in [1.807, 2.05) is 0 Å². The van der Waals surface area contributed by atoms with Gasteiger partial charge in [-0.05, 0) is 29.8 Å². The lowest BCUT2D eigenvalue weighted by atomic mass is 10.0. The van der Waals surface area contributed by atoms with Crippen LogP contribution in [0.4, 0.5) is 5.69 Å². The number of para-hydroxylation sites is 1. The molecular formula is C16H16N2O5. The molecule has 0 aliphatic rings. The molecule has 3 N–H and O–H groups in total. The fraction of sp³-hybridized carbons (Fsp3) is 0.188. The van der Waals surface area contributed by atoms with Gasteiger partial charge in [0.25, 0.3) is 5.69 Å². The first-order valence-electron chi connectivity index (χ1n) is 6.87. The summed E-state index contributed by atoms with van der Waals surface area (Å²) in [5, 5.41) is 39.9. The average Bonchev–Trinajstić information content (AvgIpc) is 2.56. The van der Waals surface area contributed by atoms with Crippen LogP contribution in [0.5, 0.6) is 5.75 Å². The second-order valence-electron chi connectivity index (χ2n) is 4.88. The van der Waals surface area contributed by atoms with Crippen molar-refractivity contribution in [3.8, 4) is 5.75 Å². The summed E-state index contributed by atoms with van der Waals surface area (Å²) in [6, 6.07) is 11.1. The van der Waals surface area contributed by atoms with Crippen LogP contribution in [-0.4, -0.2) is 39.1 Å². The van der Waals surface area contributed by atoms with Crippen molar-refractivity contribution < 1.29 is 20.2 Å². The molecular weight excluding hydrogens is 300 g/mol. The number of aromatic hydroxyl groups is 1. The second-order valence-corrected chi connectivity index (χ2v) is 4.88. The van der Waals surface area contributed by atoms with Gasteiger partial charge in [-0.15, -0.1) is 0 Å². The molecule has 7 nitrogen and oxygen atoms in total. The quantitative estimate of drug-likeness (QED) is 0.427. The largest absolute Gasteiger partial charge is 0.507 e. The Labute approximate surface area is 132 Å². The van der Waals surface area contributed by atoms with E-state index in [4.69, 9.17) is 0 Å². The van der Waals surface area contributed by atoms with Crippen LogP contribution in [0.2, 0.25) is 0 Å². The molecule has 0 amide bonds. The predicted octanol–water partition coefficient (Wildman–Crippen LogP) is 1.81. The molecule has 120 valence electrons. The maximum Gasteiger partial charge on any atom is 0.269 e. The van der Waals surface area contributed by atoms with Gasteiger partial charge in [0.1, 0.15) is 17.9 Å². The molecule has 0 saturated carbocycles. The van der Waals surface area contributed by atoms with Crippen molar-refractivity contribution in [2.75, 3.05) is 6.61 Å². The van der Waals surface area contributed by atoms with E-state index in [1.54, 1.807) is 18.2 Å². The standard InChI is InChI=1S/C16H16N2O5/c19-10-14(17-9-12-3-1-2-4-15(12)20)16(21)11-5-7-13(8-6-11)18(22)23/h1-9,14,16,19-21H,10H2/t14-,16+/m1/s1. The van der Waals surface area contributed by atoms with Gasteiger partial charge in [-0.3, -0.25) is 15.1 Å². The first-order valence-corrected chi connectivity index (χ1v) is 6.87. The number of aliphatic imine (C=N–C) groups is 1. The summed E-state index contributed by atoms with van der Waals surface area (Å²) >= 11 is 0. The van der Waals surface area contributed by atoms with Crippen LogP contribution in [0.15, 0.2) is 53.5 Å². The van der Waals surface area contributed by atoms with Crippen molar-refractivity contribution in [2.24, 2.45) is 4.99 Å². The molecule has 0 bridgehead atoms. The summed E-state index contributed by atoms with van der Waals surface area (Å²) in [5.74, 6) is 0.0396. The second kappa shape index (κ2) is 7.48. The average molecular weight is 316 g/mol. The van der Waals surface area contributed by atoms with E-state index in [0.29, 0.717) is 11.1 Å². The molecule has 2 atom stereocenters. The van der Waals surface area contributed by atoms with E-state index in [0.717, 1.165) is 0 Å². The topological polar surface area (TPSA) is 116 Å². The van der Waals surface area contributed by atoms with Gasteiger partial charge in [-0.25, -0.2) is 0 Å². The summed E-state index contributed by atoms with van der Waals surface area (Å²) in [4.78, 5) is 14.2. The van der Waals surface area contributed by atoms with Crippen molar-refractivity contribution >= 4 is 11.9 Å². The fourth-order valence-electron chi connectivity index (χ4n) is 2.02. The van der Waals surface area contributed by atoms with E-state index < -0.39 is 23.7 Å². The first-order chi connectivity index (χ1) is 11.0. The predicted molar refractivity (Wildman–Crippen MR) is 84.6 cm³/mol. The molecule has 7 heteroatoms. The van der Waals surface area contributed by atoms with Gasteiger partial charge in [0.2, 0.25) is 0 Å². The Hall–Kier alpha value is -2.77. The number of phenolic OH excluding ortho intramolecular Hbond substituents is 1. The molecule has 0 aliphatic heterocycles. The Kier molecular flexibility index (Phi) is 5.40. The molecule has 0 radical (unpaired) electrons. The van der Waals surface area contributed by atoms with Gasteiger partial charge in [0.15, 0.2) is 0 Å². The maximum atomic E-state index is 10.6. The minimum Gasteiger partial charge on any atom is -0.507 e. The highest BCUT2D eigenvalue weighted by Gasteiger charge is 2.20. The summed E-state index contributed by atoms with van der Waals surface area (Å²) in [6.07, 6.45) is 0.244. The summed E-state index contributed by atoms with van der Waals surface area (Å²) < 4.78 is 0. The monoisotopic (exact) mass is 316 g/mol. The zero-order valence-electron chi connectivity index (χ0n) is 12.1. The van der Waals surface area contributed by atoms with Crippen LogP contribution < -0.4 is 0 Å². The zero-order chi connectivity index (χ0) is 16.8. The highest BCUT2D eigenvalue weighted by molar-refractivity contribution is 5.83. The Bertz CT molecular complexity index is 700. The van der Waals surface area contributed by atoms with Crippen LogP contribution >= 0.6 is 0 Å². The number of rotatable bonds is 6. The third kappa shape index (κ3) is 4.12. The minimum atomic E-state index is -1.12. The Morgan fingerprint density at radius 1 is 1.17 bits per heavy atom. The van der Waals surface area contributed by atoms with Crippen molar-refractivity contribution in [1.29, 1.82) is 0 Å². The lowest BCUT2D eigenvalue weighted by Crippen LogP contribution is -2.21. The Balaban J connectivity index is 2.16. The molecule has 2 aromatic rings. The number of nitrogens with zero attached hydrogens (tertiary/aromatic N) is 2. The van der Waals surface area contributed by atoms with Crippen molar-refractivity contribution in [3.05, 3.63) is 69.8 Å². The number of aliphatic hydroxyl groups excluding tert-OH is 2. The molecule has 2 rings (SSSR count). The van der Waals surface area contributed by atoms with Crippen molar-refractivity contribution in [2.45, 2.75) is 12.1 Å². The number of hydrogen-bond donors (Lipinski definition) is 3. The van der Waals surface area contributed by atoms with E-state index in [9.17, 15) is 25.4 Å².